The predicted octanol–water partition coefficient (Wildman–Crippen LogP) is 2.39. The summed E-state index contributed by atoms with van der Waals surface area (Å²) in [6, 6.07) is 4.23. The van der Waals surface area contributed by atoms with E-state index in [0.717, 1.165) is 0 Å². The molecule has 2 N–H and O–H groups in total. The van der Waals surface area contributed by atoms with Crippen molar-refractivity contribution in [1.82, 2.24) is 0 Å². The summed E-state index contributed by atoms with van der Waals surface area (Å²) in [5.74, 6) is -1.20. The summed E-state index contributed by atoms with van der Waals surface area (Å²) in [7, 11) is 0. The van der Waals surface area contributed by atoms with Gasteiger partial charge in [0.2, 0.25) is 5.91 Å². The van der Waals surface area contributed by atoms with Crippen LogP contribution in [0.3, 0.4) is 0 Å². The van der Waals surface area contributed by atoms with Crippen molar-refractivity contribution in [1.29, 1.82) is 0 Å². The average Bonchev–Trinajstić information content (AvgIpc) is 2.14. The minimum absolute atomic E-state index is 0.137. The average molecular weight is 256 g/mol. The lowest BCUT2D eigenvalue weighted by atomic mass is 10.1. The summed E-state index contributed by atoms with van der Waals surface area (Å²) in [6.07, 6.45) is 0. The third kappa shape index (κ3) is 3.75. The molecule has 0 aliphatic rings. The van der Waals surface area contributed by atoms with E-state index < -0.39 is 17.5 Å². The van der Waals surface area contributed by atoms with Gasteiger partial charge in [0.05, 0.1) is 10.6 Å². The van der Waals surface area contributed by atoms with Gasteiger partial charge in [-0.1, -0.05) is 11.6 Å². The topological polar surface area (TPSA) is 69.4 Å². The fraction of sp³-hybridized carbons (Fsp3) is 0.333. The van der Waals surface area contributed by atoms with Crippen LogP contribution in [0.2, 0.25) is 5.02 Å². The molecule has 0 aliphatic heterocycles. The number of benzene rings is 1. The molecular formula is C12H14ClNO3. The highest BCUT2D eigenvalue weighted by Crippen LogP contribution is 2.21. The van der Waals surface area contributed by atoms with Crippen molar-refractivity contribution in [3.8, 4) is 0 Å². The SMILES string of the molecule is CC(C)(C)OC(=O)c1cc(C(N)=O)ccc1Cl. The van der Waals surface area contributed by atoms with Gasteiger partial charge in [-0.3, -0.25) is 4.79 Å². The van der Waals surface area contributed by atoms with Crippen molar-refractivity contribution in [2.75, 3.05) is 0 Å². The van der Waals surface area contributed by atoms with Gasteiger partial charge in [-0.2, -0.15) is 0 Å². The second-order valence-corrected chi connectivity index (χ2v) is 4.97. The van der Waals surface area contributed by atoms with Gasteiger partial charge >= 0.3 is 5.97 Å². The number of amides is 1. The number of ether oxygens (including phenoxy) is 1. The van der Waals surface area contributed by atoms with Crippen molar-refractivity contribution in [3.05, 3.63) is 34.3 Å². The zero-order valence-electron chi connectivity index (χ0n) is 9.91. The highest BCUT2D eigenvalue weighted by molar-refractivity contribution is 6.33. The highest BCUT2D eigenvalue weighted by atomic mass is 35.5. The van der Waals surface area contributed by atoms with E-state index in [2.05, 4.69) is 0 Å². The van der Waals surface area contributed by atoms with Crippen LogP contribution in [-0.4, -0.2) is 17.5 Å². The number of hydrogen-bond acceptors (Lipinski definition) is 3. The first-order chi connectivity index (χ1) is 7.70. The minimum Gasteiger partial charge on any atom is -0.456 e. The maximum atomic E-state index is 11.8. The van der Waals surface area contributed by atoms with Crippen molar-refractivity contribution >= 4 is 23.5 Å². The molecule has 0 saturated carbocycles. The number of esters is 1. The van der Waals surface area contributed by atoms with Crippen LogP contribution in [0.5, 0.6) is 0 Å². The second-order valence-electron chi connectivity index (χ2n) is 4.56. The van der Waals surface area contributed by atoms with Crippen molar-refractivity contribution < 1.29 is 14.3 Å². The van der Waals surface area contributed by atoms with Crippen LogP contribution in [0.1, 0.15) is 41.5 Å². The van der Waals surface area contributed by atoms with Gasteiger partial charge in [0.25, 0.3) is 0 Å². The van der Waals surface area contributed by atoms with Gasteiger partial charge in [-0.05, 0) is 39.0 Å². The van der Waals surface area contributed by atoms with Crippen molar-refractivity contribution in [2.24, 2.45) is 5.73 Å². The Morgan fingerprint density at radius 3 is 2.35 bits per heavy atom. The summed E-state index contributed by atoms with van der Waals surface area (Å²) in [6.45, 7) is 5.24. The van der Waals surface area contributed by atoms with Crippen LogP contribution in [0, 0.1) is 0 Å². The van der Waals surface area contributed by atoms with E-state index in [1.807, 2.05) is 0 Å². The third-order valence-corrected chi connectivity index (χ3v) is 2.20. The molecule has 0 radical (unpaired) electrons. The molecule has 1 aromatic rings. The Hall–Kier alpha value is -1.55. The number of hydrogen-bond donors (Lipinski definition) is 1. The van der Waals surface area contributed by atoms with E-state index in [1.165, 1.54) is 18.2 Å². The Balaban J connectivity index is 3.08. The zero-order valence-corrected chi connectivity index (χ0v) is 10.7. The smallest absolute Gasteiger partial charge is 0.340 e. The molecule has 92 valence electrons. The number of nitrogens with two attached hydrogens (primary N) is 1. The van der Waals surface area contributed by atoms with Gasteiger partial charge in [-0.25, -0.2) is 4.79 Å². The molecule has 0 spiro atoms. The highest BCUT2D eigenvalue weighted by Gasteiger charge is 2.20. The minimum atomic E-state index is -0.622. The lowest BCUT2D eigenvalue weighted by Gasteiger charge is -2.20. The summed E-state index contributed by atoms with van der Waals surface area (Å²) in [5, 5.41) is 0.226. The van der Waals surface area contributed by atoms with Crippen LogP contribution in [0.25, 0.3) is 0 Å². The molecule has 0 bridgehead atoms. The first kappa shape index (κ1) is 13.5. The van der Waals surface area contributed by atoms with Gasteiger partial charge in [-0.15, -0.1) is 0 Å². The molecule has 0 fully saturated rings. The molecular weight excluding hydrogens is 242 g/mol. The molecule has 0 aromatic heterocycles. The van der Waals surface area contributed by atoms with E-state index in [4.69, 9.17) is 22.1 Å². The molecule has 1 amide bonds. The summed E-state index contributed by atoms with van der Waals surface area (Å²) < 4.78 is 5.16. The molecule has 0 heterocycles. The number of carbonyl (C=O) groups is 2. The molecule has 17 heavy (non-hydrogen) atoms. The van der Waals surface area contributed by atoms with E-state index in [9.17, 15) is 9.59 Å². The molecule has 0 aliphatic carbocycles. The Morgan fingerprint density at radius 1 is 1.29 bits per heavy atom. The largest absolute Gasteiger partial charge is 0.456 e. The fourth-order valence-electron chi connectivity index (χ4n) is 1.17. The van der Waals surface area contributed by atoms with E-state index in [0.29, 0.717) is 0 Å². The van der Waals surface area contributed by atoms with Crippen molar-refractivity contribution in [2.45, 2.75) is 26.4 Å². The standard InChI is InChI=1S/C12H14ClNO3/c1-12(2,3)17-11(16)8-6-7(10(14)15)4-5-9(8)13/h4-6H,1-3H3,(H2,14,15). The molecule has 1 aromatic carbocycles. The van der Waals surface area contributed by atoms with Crippen LogP contribution < -0.4 is 5.73 Å². The Bertz CT molecular complexity index is 463. The molecule has 0 atom stereocenters. The molecule has 0 saturated heterocycles. The molecule has 1 rings (SSSR count). The van der Waals surface area contributed by atoms with Crippen LogP contribution >= 0.6 is 11.6 Å². The van der Waals surface area contributed by atoms with Gasteiger partial charge in [0, 0.05) is 5.56 Å². The van der Waals surface area contributed by atoms with Gasteiger partial charge < -0.3 is 10.5 Å². The predicted molar refractivity (Wildman–Crippen MR) is 65.1 cm³/mol. The maximum absolute atomic E-state index is 11.8. The quantitative estimate of drug-likeness (QED) is 0.825. The van der Waals surface area contributed by atoms with Crippen LogP contribution in [0.4, 0.5) is 0 Å². The maximum Gasteiger partial charge on any atom is 0.340 e. The Morgan fingerprint density at radius 2 is 1.88 bits per heavy atom. The third-order valence-electron chi connectivity index (χ3n) is 1.87. The van der Waals surface area contributed by atoms with E-state index >= 15 is 0 Å². The number of halogens is 1. The van der Waals surface area contributed by atoms with E-state index in [1.54, 1.807) is 20.8 Å². The van der Waals surface area contributed by atoms with Crippen LogP contribution in [-0.2, 0) is 4.74 Å². The molecule has 4 nitrogen and oxygen atoms in total. The number of carbonyl (C=O) groups excluding carboxylic acids is 2. The van der Waals surface area contributed by atoms with Gasteiger partial charge in [0.1, 0.15) is 5.60 Å². The Kier molecular flexibility index (Phi) is 3.78. The lowest BCUT2D eigenvalue weighted by molar-refractivity contribution is 0.00697. The van der Waals surface area contributed by atoms with Crippen molar-refractivity contribution in [3.63, 3.8) is 0 Å². The molecule has 5 heteroatoms. The van der Waals surface area contributed by atoms with E-state index in [-0.39, 0.29) is 16.1 Å². The number of primary amides is 1. The summed E-state index contributed by atoms with van der Waals surface area (Å²) in [5.41, 5.74) is 4.86. The second kappa shape index (κ2) is 4.75. The lowest BCUT2D eigenvalue weighted by Crippen LogP contribution is -2.24. The summed E-state index contributed by atoms with van der Waals surface area (Å²) in [4.78, 5) is 22.8. The zero-order chi connectivity index (χ0) is 13.2. The first-order valence-corrected chi connectivity index (χ1v) is 5.41. The number of rotatable bonds is 2. The Labute approximate surface area is 105 Å². The first-order valence-electron chi connectivity index (χ1n) is 5.03. The van der Waals surface area contributed by atoms with Crippen LogP contribution in [0.15, 0.2) is 18.2 Å². The normalized spacial score (nSPS) is 11.1. The fourth-order valence-corrected chi connectivity index (χ4v) is 1.36. The summed E-state index contributed by atoms with van der Waals surface area (Å²) >= 11 is 5.87. The van der Waals surface area contributed by atoms with Gasteiger partial charge in [0.15, 0.2) is 0 Å². The monoisotopic (exact) mass is 255 g/mol. The molecule has 0 unspecified atom stereocenters.